The van der Waals surface area contributed by atoms with Gasteiger partial charge in [0.25, 0.3) is 5.91 Å². The van der Waals surface area contributed by atoms with Crippen molar-refractivity contribution in [2.24, 2.45) is 0 Å². The first-order valence-corrected chi connectivity index (χ1v) is 8.98. The normalized spacial score (nSPS) is 24.1. The molecule has 1 aromatic heterocycles. The second kappa shape index (κ2) is 6.33. The zero-order valence-electron chi connectivity index (χ0n) is 14.3. The number of rotatable bonds is 3. The maximum atomic E-state index is 12.3. The predicted molar refractivity (Wildman–Crippen MR) is 92.4 cm³/mol. The average Bonchev–Trinajstić information content (AvgIpc) is 3.42. The molecule has 0 unspecified atom stereocenters. The number of piperidine rings is 1. The summed E-state index contributed by atoms with van der Waals surface area (Å²) in [6.07, 6.45) is 6.06. The summed E-state index contributed by atoms with van der Waals surface area (Å²) in [5.41, 5.74) is 0.648. The molecule has 0 aromatic carbocycles. The fraction of sp³-hybridized carbons (Fsp3) is 0.667. The lowest BCUT2D eigenvalue weighted by Gasteiger charge is -2.47. The topological polar surface area (TPSA) is 57.7 Å². The van der Waals surface area contributed by atoms with E-state index in [4.69, 9.17) is 4.74 Å². The van der Waals surface area contributed by atoms with E-state index < -0.39 is 0 Å². The number of carbonyl (C=O) groups is 1. The molecule has 1 saturated carbocycles. The number of hydrogen-bond acceptors (Lipinski definition) is 5. The van der Waals surface area contributed by atoms with Crippen LogP contribution in [0.25, 0.3) is 0 Å². The maximum Gasteiger partial charge on any atom is 0.251 e. The fourth-order valence-electron chi connectivity index (χ4n) is 3.60. The molecule has 3 aliphatic rings. The van der Waals surface area contributed by atoms with Gasteiger partial charge in [-0.1, -0.05) is 0 Å². The molecule has 1 aliphatic carbocycles. The number of aromatic nitrogens is 1. The van der Waals surface area contributed by atoms with Crippen LogP contribution in [0.5, 0.6) is 0 Å². The number of nitrogens with one attached hydrogen (secondary N) is 1. The van der Waals surface area contributed by atoms with Gasteiger partial charge in [0.2, 0.25) is 0 Å². The summed E-state index contributed by atoms with van der Waals surface area (Å²) >= 11 is 0. The molecule has 0 atom stereocenters. The second-order valence-corrected chi connectivity index (χ2v) is 7.41. The van der Waals surface area contributed by atoms with Gasteiger partial charge in [-0.2, -0.15) is 0 Å². The number of carbonyl (C=O) groups excluding carboxylic acids is 1. The number of pyridine rings is 1. The lowest BCUT2D eigenvalue weighted by atomic mass is 9.89. The molecular formula is C18H26N4O2. The second-order valence-electron chi connectivity index (χ2n) is 7.41. The van der Waals surface area contributed by atoms with Crippen molar-refractivity contribution in [2.75, 3.05) is 44.7 Å². The highest BCUT2D eigenvalue weighted by Gasteiger charge is 2.39. The smallest absolute Gasteiger partial charge is 0.251 e. The quantitative estimate of drug-likeness (QED) is 0.905. The van der Waals surface area contributed by atoms with E-state index in [1.54, 1.807) is 12.3 Å². The molecule has 6 heteroatoms. The highest BCUT2D eigenvalue weighted by atomic mass is 16.5. The number of likely N-dealkylation sites (tertiary alicyclic amines) is 1. The lowest BCUT2D eigenvalue weighted by molar-refractivity contribution is -0.0884. The predicted octanol–water partition coefficient (Wildman–Crippen LogP) is 1.27. The van der Waals surface area contributed by atoms with E-state index in [1.807, 2.05) is 6.07 Å². The van der Waals surface area contributed by atoms with Crippen molar-refractivity contribution in [3.8, 4) is 0 Å². The minimum atomic E-state index is -0.0568. The van der Waals surface area contributed by atoms with Crippen molar-refractivity contribution in [3.63, 3.8) is 0 Å². The van der Waals surface area contributed by atoms with E-state index in [2.05, 4.69) is 27.1 Å². The molecule has 1 amide bonds. The molecular weight excluding hydrogens is 304 g/mol. The van der Waals surface area contributed by atoms with Gasteiger partial charge < -0.3 is 19.9 Å². The number of nitrogens with zero attached hydrogens (tertiary/aromatic N) is 3. The van der Waals surface area contributed by atoms with E-state index in [0.29, 0.717) is 11.6 Å². The largest absolute Gasteiger partial charge is 0.371 e. The van der Waals surface area contributed by atoms with E-state index in [9.17, 15) is 4.79 Å². The minimum Gasteiger partial charge on any atom is -0.371 e. The SMILES string of the molecule is CN1CCC2(CC1)CN(c1cc(C(=O)NC3CC3)ccn1)CCO2. The van der Waals surface area contributed by atoms with Crippen LogP contribution in [0.1, 0.15) is 36.0 Å². The van der Waals surface area contributed by atoms with Crippen LogP contribution < -0.4 is 10.2 Å². The van der Waals surface area contributed by atoms with Gasteiger partial charge in [-0.05, 0) is 44.9 Å². The maximum absolute atomic E-state index is 12.3. The molecule has 1 aromatic rings. The third kappa shape index (κ3) is 3.39. The highest BCUT2D eigenvalue weighted by molar-refractivity contribution is 5.95. The Labute approximate surface area is 143 Å². The first-order valence-electron chi connectivity index (χ1n) is 8.98. The van der Waals surface area contributed by atoms with Crippen LogP contribution in [0, 0.1) is 0 Å². The number of amides is 1. The summed E-state index contributed by atoms with van der Waals surface area (Å²) in [6.45, 7) is 4.57. The van der Waals surface area contributed by atoms with Crippen LogP contribution in [0.2, 0.25) is 0 Å². The Morgan fingerprint density at radius 1 is 1.33 bits per heavy atom. The molecule has 4 rings (SSSR count). The Hall–Kier alpha value is -1.66. The van der Waals surface area contributed by atoms with Gasteiger partial charge in [0.05, 0.1) is 12.2 Å². The summed E-state index contributed by atoms with van der Waals surface area (Å²) in [5.74, 6) is 0.906. The van der Waals surface area contributed by atoms with Crippen LogP contribution in [-0.2, 0) is 4.74 Å². The van der Waals surface area contributed by atoms with Gasteiger partial charge in [0.15, 0.2) is 0 Å². The molecule has 6 nitrogen and oxygen atoms in total. The van der Waals surface area contributed by atoms with Crippen LogP contribution in [0.3, 0.4) is 0 Å². The van der Waals surface area contributed by atoms with Gasteiger partial charge in [-0.3, -0.25) is 4.79 Å². The number of hydrogen-bond donors (Lipinski definition) is 1. The minimum absolute atomic E-state index is 0.0170. The zero-order chi connectivity index (χ0) is 16.6. The molecule has 1 N–H and O–H groups in total. The van der Waals surface area contributed by atoms with Crippen LogP contribution in [0.4, 0.5) is 5.82 Å². The van der Waals surface area contributed by atoms with Crippen molar-refractivity contribution in [2.45, 2.75) is 37.3 Å². The van der Waals surface area contributed by atoms with Crippen molar-refractivity contribution < 1.29 is 9.53 Å². The van der Waals surface area contributed by atoms with Gasteiger partial charge in [-0.15, -0.1) is 0 Å². The van der Waals surface area contributed by atoms with Crippen molar-refractivity contribution in [1.29, 1.82) is 0 Å². The summed E-state index contributed by atoms with van der Waals surface area (Å²) in [5, 5.41) is 3.05. The van der Waals surface area contributed by atoms with Crippen molar-refractivity contribution >= 4 is 11.7 Å². The van der Waals surface area contributed by atoms with E-state index in [1.165, 1.54) is 0 Å². The number of morpholine rings is 1. The Morgan fingerprint density at radius 2 is 2.12 bits per heavy atom. The first kappa shape index (κ1) is 15.8. The Kier molecular flexibility index (Phi) is 4.18. The molecule has 0 radical (unpaired) electrons. The summed E-state index contributed by atoms with van der Waals surface area (Å²) in [7, 11) is 2.16. The van der Waals surface area contributed by atoms with Crippen LogP contribution in [-0.4, -0.2) is 67.3 Å². The number of ether oxygens (including phenoxy) is 1. The number of anilines is 1. The van der Waals surface area contributed by atoms with Crippen LogP contribution in [0.15, 0.2) is 18.3 Å². The lowest BCUT2D eigenvalue weighted by Crippen LogP contribution is -2.56. The van der Waals surface area contributed by atoms with Gasteiger partial charge in [-0.25, -0.2) is 4.98 Å². The Bertz CT molecular complexity index is 609. The first-order chi connectivity index (χ1) is 11.6. The van der Waals surface area contributed by atoms with E-state index in [-0.39, 0.29) is 11.5 Å². The van der Waals surface area contributed by atoms with E-state index in [0.717, 1.165) is 64.3 Å². The summed E-state index contributed by atoms with van der Waals surface area (Å²) in [4.78, 5) is 21.4. The standard InChI is InChI=1S/C18H26N4O2/c1-21-8-5-18(6-9-21)13-22(10-11-24-18)16-12-14(4-7-19-16)17(23)20-15-2-3-15/h4,7,12,15H,2-3,5-6,8-11,13H2,1H3,(H,20,23). The zero-order valence-corrected chi connectivity index (χ0v) is 14.3. The van der Waals surface area contributed by atoms with Crippen molar-refractivity contribution in [1.82, 2.24) is 15.2 Å². The Morgan fingerprint density at radius 3 is 2.88 bits per heavy atom. The monoisotopic (exact) mass is 330 g/mol. The summed E-state index contributed by atoms with van der Waals surface area (Å²) in [6, 6.07) is 4.10. The third-order valence-corrected chi connectivity index (χ3v) is 5.39. The molecule has 0 bridgehead atoms. The van der Waals surface area contributed by atoms with Crippen LogP contribution >= 0.6 is 0 Å². The molecule has 3 fully saturated rings. The molecule has 130 valence electrons. The third-order valence-electron chi connectivity index (χ3n) is 5.39. The molecule has 1 spiro atoms. The van der Waals surface area contributed by atoms with Gasteiger partial charge in [0.1, 0.15) is 5.82 Å². The highest BCUT2D eigenvalue weighted by Crippen LogP contribution is 2.31. The van der Waals surface area contributed by atoms with Gasteiger partial charge in [0, 0.05) is 44.0 Å². The molecule has 2 aliphatic heterocycles. The molecule has 24 heavy (non-hydrogen) atoms. The Balaban J connectivity index is 1.47. The fourth-order valence-corrected chi connectivity index (χ4v) is 3.60. The summed E-state index contributed by atoms with van der Waals surface area (Å²) < 4.78 is 6.17. The molecule has 3 heterocycles. The molecule has 2 saturated heterocycles. The van der Waals surface area contributed by atoms with Crippen molar-refractivity contribution in [3.05, 3.63) is 23.9 Å². The average molecular weight is 330 g/mol. The van der Waals surface area contributed by atoms with E-state index >= 15 is 0 Å². The van der Waals surface area contributed by atoms with Gasteiger partial charge >= 0.3 is 0 Å².